The molecule has 0 radical (unpaired) electrons. The summed E-state index contributed by atoms with van der Waals surface area (Å²) in [4.78, 5) is 14.3. The molecule has 1 aromatic heterocycles. The first-order valence-electron chi connectivity index (χ1n) is 6.97. The quantitative estimate of drug-likeness (QED) is 0.848. The molecule has 0 saturated carbocycles. The minimum atomic E-state index is 0.0181. The number of carbonyl (C=O) groups excluding carboxylic acids is 1. The van der Waals surface area contributed by atoms with Gasteiger partial charge >= 0.3 is 0 Å². The second-order valence-corrected chi connectivity index (χ2v) is 6.15. The van der Waals surface area contributed by atoms with E-state index in [1.54, 1.807) is 18.0 Å². The van der Waals surface area contributed by atoms with Crippen molar-refractivity contribution in [2.75, 3.05) is 30.0 Å². The van der Waals surface area contributed by atoms with E-state index in [0.717, 1.165) is 43.4 Å². The highest BCUT2D eigenvalue weighted by Crippen LogP contribution is 2.18. The molecule has 108 valence electrons. The standard InChI is InChI=1S/C13H19N5OS/c19-13(11-8-20-9-14-11)18-6-3-10(4-7-18)16-12-2-1-5-15-17-12/h1-2,5,10-11,14H,3-4,6-9H2,(H,16,17). The number of thioether (sulfide) groups is 1. The van der Waals surface area contributed by atoms with E-state index < -0.39 is 0 Å². The fraction of sp³-hybridized carbons (Fsp3) is 0.615. The number of nitrogens with zero attached hydrogens (tertiary/aromatic N) is 3. The lowest BCUT2D eigenvalue weighted by Gasteiger charge is -2.33. The van der Waals surface area contributed by atoms with Gasteiger partial charge in [-0.05, 0) is 25.0 Å². The lowest BCUT2D eigenvalue weighted by atomic mass is 10.0. The summed E-state index contributed by atoms with van der Waals surface area (Å²) in [5.41, 5.74) is 0. The van der Waals surface area contributed by atoms with Gasteiger partial charge in [0.1, 0.15) is 5.82 Å². The van der Waals surface area contributed by atoms with Crippen molar-refractivity contribution in [1.29, 1.82) is 0 Å². The van der Waals surface area contributed by atoms with Crippen LogP contribution < -0.4 is 10.6 Å². The van der Waals surface area contributed by atoms with Crippen LogP contribution in [0.4, 0.5) is 5.82 Å². The Bertz CT molecular complexity index is 443. The van der Waals surface area contributed by atoms with Gasteiger partial charge in [-0.1, -0.05) is 0 Å². The van der Waals surface area contributed by atoms with E-state index in [1.165, 1.54) is 0 Å². The van der Waals surface area contributed by atoms with E-state index in [0.29, 0.717) is 6.04 Å². The number of carbonyl (C=O) groups is 1. The minimum absolute atomic E-state index is 0.0181. The summed E-state index contributed by atoms with van der Waals surface area (Å²) >= 11 is 1.79. The summed E-state index contributed by atoms with van der Waals surface area (Å²) in [6.45, 7) is 1.64. The Kier molecular flexibility index (Phi) is 4.37. The molecule has 3 rings (SSSR count). The largest absolute Gasteiger partial charge is 0.366 e. The van der Waals surface area contributed by atoms with Crippen molar-refractivity contribution in [3.05, 3.63) is 18.3 Å². The Morgan fingerprint density at radius 3 is 2.95 bits per heavy atom. The Morgan fingerprint density at radius 2 is 2.30 bits per heavy atom. The maximum absolute atomic E-state index is 12.3. The smallest absolute Gasteiger partial charge is 0.240 e. The molecule has 1 unspecified atom stereocenters. The molecule has 0 spiro atoms. The van der Waals surface area contributed by atoms with Crippen LogP contribution in [-0.4, -0.2) is 57.8 Å². The van der Waals surface area contributed by atoms with E-state index >= 15 is 0 Å². The Labute approximate surface area is 122 Å². The van der Waals surface area contributed by atoms with Gasteiger partial charge < -0.3 is 10.2 Å². The third kappa shape index (κ3) is 3.21. The maximum atomic E-state index is 12.3. The summed E-state index contributed by atoms with van der Waals surface area (Å²) in [5, 5.41) is 14.5. The molecule has 20 heavy (non-hydrogen) atoms. The minimum Gasteiger partial charge on any atom is -0.366 e. The number of hydrogen-bond donors (Lipinski definition) is 2. The molecule has 2 aliphatic rings. The molecule has 3 heterocycles. The van der Waals surface area contributed by atoms with Gasteiger partial charge in [0.25, 0.3) is 0 Å². The van der Waals surface area contributed by atoms with Gasteiger partial charge in [0.15, 0.2) is 0 Å². The number of nitrogens with one attached hydrogen (secondary N) is 2. The SMILES string of the molecule is O=C(C1CSCN1)N1CCC(Nc2cccnn2)CC1. The topological polar surface area (TPSA) is 70.2 Å². The number of amides is 1. The zero-order chi connectivity index (χ0) is 13.8. The molecule has 2 N–H and O–H groups in total. The third-order valence-electron chi connectivity index (χ3n) is 3.75. The first kappa shape index (κ1) is 13.6. The highest BCUT2D eigenvalue weighted by atomic mass is 32.2. The molecule has 6 nitrogen and oxygen atoms in total. The van der Waals surface area contributed by atoms with Crippen LogP contribution in [0.3, 0.4) is 0 Å². The van der Waals surface area contributed by atoms with Gasteiger partial charge in [-0.25, -0.2) is 0 Å². The van der Waals surface area contributed by atoms with Crippen molar-refractivity contribution >= 4 is 23.5 Å². The molecule has 1 atom stereocenters. The van der Waals surface area contributed by atoms with Gasteiger partial charge in [-0.3, -0.25) is 10.1 Å². The van der Waals surface area contributed by atoms with Crippen LogP contribution in [0.15, 0.2) is 18.3 Å². The van der Waals surface area contributed by atoms with Crippen LogP contribution >= 0.6 is 11.8 Å². The average Bonchev–Trinajstić information content (AvgIpc) is 3.03. The molecule has 2 saturated heterocycles. The maximum Gasteiger partial charge on any atom is 0.240 e. The number of aromatic nitrogens is 2. The average molecular weight is 293 g/mol. The Morgan fingerprint density at radius 1 is 1.45 bits per heavy atom. The van der Waals surface area contributed by atoms with Crippen molar-refractivity contribution < 1.29 is 4.79 Å². The number of hydrogen-bond acceptors (Lipinski definition) is 6. The molecule has 2 fully saturated rings. The molecule has 1 aromatic rings. The third-order valence-corrected chi connectivity index (χ3v) is 4.69. The van der Waals surface area contributed by atoms with Gasteiger partial charge in [0, 0.05) is 37.0 Å². The highest BCUT2D eigenvalue weighted by molar-refractivity contribution is 7.99. The molecule has 0 aromatic carbocycles. The zero-order valence-corrected chi connectivity index (χ0v) is 12.1. The summed E-state index contributed by atoms with van der Waals surface area (Å²) in [6, 6.07) is 4.19. The van der Waals surface area contributed by atoms with Gasteiger partial charge in [-0.2, -0.15) is 5.10 Å². The molecule has 2 aliphatic heterocycles. The van der Waals surface area contributed by atoms with E-state index in [2.05, 4.69) is 20.8 Å². The van der Waals surface area contributed by atoms with Crippen LogP contribution in [0.1, 0.15) is 12.8 Å². The highest BCUT2D eigenvalue weighted by Gasteiger charge is 2.30. The summed E-state index contributed by atoms with van der Waals surface area (Å²) in [7, 11) is 0. The summed E-state index contributed by atoms with van der Waals surface area (Å²) < 4.78 is 0. The van der Waals surface area contributed by atoms with Crippen LogP contribution in [0.5, 0.6) is 0 Å². The molecular weight excluding hydrogens is 274 g/mol. The van der Waals surface area contributed by atoms with Crippen molar-refractivity contribution in [3.63, 3.8) is 0 Å². The number of anilines is 1. The normalized spacial score (nSPS) is 23.8. The lowest BCUT2D eigenvalue weighted by Crippen LogP contribution is -2.49. The Hall–Kier alpha value is -1.34. The van der Waals surface area contributed by atoms with E-state index in [-0.39, 0.29) is 11.9 Å². The molecular formula is C13H19N5OS. The van der Waals surface area contributed by atoms with Crippen molar-refractivity contribution in [3.8, 4) is 0 Å². The second-order valence-electron chi connectivity index (χ2n) is 5.12. The fourth-order valence-electron chi connectivity index (χ4n) is 2.61. The van der Waals surface area contributed by atoms with Crippen LogP contribution in [-0.2, 0) is 4.79 Å². The molecule has 7 heteroatoms. The number of rotatable bonds is 3. The molecule has 0 aliphatic carbocycles. The second kappa shape index (κ2) is 6.41. The van der Waals surface area contributed by atoms with Crippen molar-refractivity contribution in [2.24, 2.45) is 0 Å². The van der Waals surface area contributed by atoms with E-state index in [4.69, 9.17) is 0 Å². The monoisotopic (exact) mass is 293 g/mol. The van der Waals surface area contributed by atoms with Crippen LogP contribution in [0.25, 0.3) is 0 Å². The first-order valence-corrected chi connectivity index (χ1v) is 8.12. The van der Waals surface area contributed by atoms with Gasteiger partial charge in [0.2, 0.25) is 5.91 Å². The Balaban J connectivity index is 1.48. The zero-order valence-electron chi connectivity index (χ0n) is 11.3. The van der Waals surface area contributed by atoms with E-state index in [9.17, 15) is 4.79 Å². The van der Waals surface area contributed by atoms with Crippen molar-refractivity contribution in [1.82, 2.24) is 20.4 Å². The molecule has 0 bridgehead atoms. The predicted molar refractivity (Wildman–Crippen MR) is 79.5 cm³/mol. The van der Waals surface area contributed by atoms with Crippen LogP contribution in [0, 0.1) is 0 Å². The number of piperidine rings is 1. The first-order chi connectivity index (χ1) is 9.83. The van der Waals surface area contributed by atoms with Gasteiger partial charge in [0.05, 0.1) is 6.04 Å². The van der Waals surface area contributed by atoms with Crippen LogP contribution in [0.2, 0.25) is 0 Å². The predicted octanol–water partition coefficient (Wildman–Crippen LogP) is 0.542. The van der Waals surface area contributed by atoms with E-state index in [1.807, 2.05) is 17.0 Å². The lowest BCUT2D eigenvalue weighted by molar-refractivity contribution is -0.133. The van der Waals surface area contributed by atoms with Gasteiger partial charge in [-0.15, -0.1) is 16.9 Å². The summed E-state index contributed by atoms with van der Waals surface area (Å²) in [6.07, 6.45) is 3.59. The molecule has 1 amide bonds. The fourth-order valence-corrected chi connectivity index (χ4v) is 3.54. The number of likely N-dealkylation sites (tertiary alicyclic amines) is 1. The van der Waals surface area contributed by atoms with Crippen molar-refractivity contribution in [2.45, 2.75) is 24.9 Å². The summed E-state index contributed by atoms with van der Waals surface area (Å²) in [5.74, 6) is 2.86.